The Kier molecular flexibility index (Phi) is 6.15. The van der Waals surface area contributed by atoms with Gasteiger partial charge in [-0.05, 0) is 56.1 Å². The molecule has 228 valence electrons. The maximum absolute atomic E-state index is 6.44. The summed E-state index contributed by atoms with van der Waals surface area (Å²) in [7, 11) is 0. The van der Waals surface area contributed by atoms with Crippen molar-refractivity contribution in [3.8, 4) is 45.3 Å². The Morgan fingerprint density at radius 1 is 0.306 bits per heavy atom. The number of furan rings is 1. The van der Waals surface area contributed by atoms with Crippen LogP contribution in [-0.4, -0.2) is 15.0 Å². The van der Waals surface area contributed by atoms with E-state index in [0.29, 0.717) is 17.5 Å². The van der Waals surface area contributed by atoms with Crippen LogP contribution in [0.25, 0.3) is 99.5 Å². The van der Waals surface area contributed by atoms with Crippen molar-refractivity contribution < 1.29 is 4.42 Å². The highest BCUT2D eigenvalue weighted by atomic mass is 16.3. The molecule has 0 aliphatic rings. The van der Waals surface area contributed by atoms with Crippen molar-refractivity contribution in [1.29, 1.82) is 0 Å². The molecule has 0 aliphatic heterocycles. The number of para-hydroxylation sites is 2. The smallest absolute Gasteiger partial charge is 0.164 e. The second-order valence-electron chi connectivity index (χ2n) is 12.4. The first kappa shape index (κ1) is 27.5. The topological polar surface area (TPSA) is 51.8 Å². The molecule has 0 N–H and O–H groups in total. The maximum atomic E-state index is 6.44. The Morgan fingerprint density at radius 3 is 1.45 bits per heavy atom. The summed E-state index contributed by atoms with van der Waals surface area (Å²) in [6.07, 6.45) is 0. The van der Waals surface area contributed by atoms with Crippen molar-refractivity contribution in [2.24, 2.45) is 0 Å². The highest BCUT2D eigenvalue weighted by Crippen LogP contribution is 2.41. The molecule has 10 aromatic rings. The zero-order valence-corrected chi connectivity index (χ0v) is 26.3. The number of rotatable bonds is 4. The molecule has 0 spiro atoms. The van der Waals surface area contributed by atoms with Gasteiger partial charge in [0.1, 0.15) is 11.2 Å². The van der Waals surface area contributed by atoms with E-state index in [4.69, 9.17) is 19.4 Å². The van der Waals surface area contributed by atoms with Crippen LogP contribution in [0.3, 0.4) is 0 Å². The minimum absolute atomic E-state index is 0.643. The van der Waals surface area contributed by atoms with Gasteiger partial charge in [0.05, 0.1) is 0 Å². The third-order valence-corrected chi connectivity index (χ3v) is 9.51. The molecule has 8 aromatic carbocycles. The fourth-order valence-corrected chi connectivity index (χ4v) is 7.18. The number of nitrogens with zero attached hydrogens (tertiary/aromatic N) is 3. The van der Waals surface area contributed by atoms with Crippen molar-refractivity contribution >= 4 is 54.3 Å². The summed E-state index contributed by atoms with van der Waals surface area (Å²) >= 11 is 0. The molecule has 2 aromatic heterocycles. The van der Waals surface area contributed by atoms with Crippen LogP contribution < -0.4 is 0 Å². The first-order valence-electron chi connectivity index (χ1n) is 16.4. The predicted octanol–water partition coefficient (Wildman–Crippen LogP) is 11.9. The molecule has 49 heavy (non-hydrogen) atoms. The summed E-state index contributed by atoms with van der Waals surface area (Å²) < 4.78 is 6.44. The molecule has 0 aliphatic carbocycles. The van der Waals surface area contributed by atoms with Crippen molar-refractivity contribution in [3.63, 3.8) is 0 Å². The minimum atomic E-state index is 0.643. The van der Waals surface area contributed by atoms with Crippen molar-refractivity contribution in [1.82, 2.24) is 15.0 Å². The quantitative estimate of drug-likeness (QED) is 0.183. The third-order valence-electron chi connectivity index (χ3n) is 9.51. The second-order valence-corrected chi connectivity index (χ2v) is 12.4. The van der Waals surface area contributed by atoms with Gasteiger partial charge in [-0.2, -0.15) is 0 Å². The summed E-state index contributed by atoms with van der Waals surface area (Å²) in [5.74, 6) is 1.94. The van der Waals surface area contributed by atoms with E-state index in [2.05, 4.69) is 91.0 Å². The van der Waals surface area contributed by atoms with Gasteiger partial charge in [-0.3, -0.25) is 0 Å². The van der Waals surface area contributed by atoms with E-state index in [1.165, 1.54) is 26.9 Å². The van der Waals surface area contributed by atoms with Crippen molar-refractivity contribution in [2.75, 3.05) is 0 Å². The van der Waals surface area contributed by atoms with Gasteiger partial charge in [0, 0.05) is 33.0 Å². The summed E-state index contributed by atoms with van der Waals surface area (Å²) in [5, 5.41) is 9.41. The van der Waals surface area contributed by atoms with Crippen LogP contribution in [0.2, 0.25) is 0 Å². The van der Waals surface area contributed by atoms with Gasteiger partial charge < -0.3 is 4.42 Å². The molecule has 10 rings (SSSR count). The predicted molar refractivity (Wildman–Crippen MR) is 201 cm³/mol. The third kappa shape index (κ3) is 4.49. The van der Waals surface area contributed by atoms with Crippen molar-refractivity contribution in [3.05, 3.63) is 164 Å². The number of hydrogen-bond acceptors (Lipinski definition) is 4. The largest absolute Gasteiger partial charge is 0.455 e. The Bertz CT molecular complexity index is 2820. The lowest BCUT2D eigenvalue weighted by atomic mass is 9.91. The van der Waals surface area contributed by atoms with Gasteiger partial charge in [0.25, 0.3) is 0 Å². The summed E-state index contributed by atoms with van der Waals surface area (Å²) in [6.45, 7) is 0. The second kappa shape index (κ2) is 11.0. The molecule has 4 heteroatoms. The molecule has 0 atom stereocenters. The normalized spacial score (nSPS) is 11.7. The molecule has 0 amide bonds. The zero-order valence-electron chi connectivity index (χ0n) is 26.3. The van der Waals surface area contributed by atoms with Gasteiger partial charge >= 0.3 is 0 Å². The number of hydrogen-bond donors (Lipinski definition) is 0. The molecule has 0 saturated heterocycles. The number of fused-ring (bicyclic) bond motifs is 9. The van der Waals surface area contributed by atoms with Crippen LogP contribution in [0, 0.1) is 0 Å². The minimum Gasteiger partial charge on any atom is -0.455 e. The van der Waals surface area contributed by atoms with Gasteiger partial charge in [0.15, 0.2) is 17.5 Å². The van der Waals surface area contributed by atoms with E-state index >= 15 is 0 Å². The molecular weight excluding hydrogens is 599 g/mol. The molecule has 0 bridgehead atoms. The van der Waals surface area contributed by atoms with E-state index < -0.39 is 0 Å². The molecule has 2 heterocycles. The summed E-state index contributed by atoms with van der Waals surface area (Å²) in [4.78, 5) is 14.9. The number of aromatic nitrogens is 3. The van der Waals surface area contributed by atoms with Crippen LogP contribution in [0.5, 0.6) is 0 Å². The summed E-state index contributed by atoms with van der Waals surface area (Å²) in [6, 6.07) is 56.9. The molecule has 4 nitrogen and oxygen atoms in total. The lowest BCUT2D eigenvalue weighted by Crippen LogP contribution is -2.00. The Balaban J connectivity index is 1.20. The standard InChI is InChI=1S/C45H27N3O/c1-3-12-28(13-4-1)43-46-44(29-14-5-2-6-15-29)48-45(47-43)31-23-25-36-39-26-30(22-24-35(39)33-16-7-8-17-34(33)40(36)27-31)32-19-11-20-38-37-18-9-10-21-41(37)49-42(32)38/h1-27H. The average Bonchev–Trinajstić information content (AvgIpc) is 3.57. The van der Waals surface area contributed by atoms with Crippen LogP contribution in [0.15, 0.2) is 168 Å². The molecule has 0 fully saturated rings. The molecule has 0 radical (unpaired) electrons. The lowest BCUT2D eigenvalue weighted by molar-refractivity contribution is 0.670. The fraction of sp³-hybridized carbons (Fsp3) is 0. The number of benzene rings is 8. The van der Waals surface area contributed by atoms with Gasteiger partial charge in [-0.25, -0.2) is 15.0 Å². The first-order chi connectivity index (χ1) is 24.3. The SMILES string of the molecule is c1ccc(-c2nc(-c3ccccc3)nc(-c3ccc4c(c3)c3ccccc3c3ccc(-c5cccc6c5oc5ccccc56)cc34)n2)cc1. The lowest BCUT2D eigenvalue weighted by Gasteiger charge is -2.14. The molecule has 0 unspecified atom stereocenters. The monoisotopic (exact) mass is 625 g/mol. The maximum Gasteiger partial charge on any atom is 0.164 e. The average molecular weight is 626 g/mol. The van der Waals surface area contributed by atoms with Crippen LogP contribution >= 0.6 is 0 Å². The Hall–Kier alpha value is -6.65. The van der Waals surface area contributed by atoms with E-state index in [0.717, 1.165) is 55.1 Å². The van der Waals surface area contributed by atoms with Gasteiger partial charge in [-0.15, -0.1) is 0 Å². The van der Waals surface area contributed by atoms with E-state index in [-0.39, 0.29) is 0 Å². The molecular formula is C45H27N3O. The molecule has 0 saturated carbocycles. The first-order valence-corrected chi connectivity index (χ1v) is 16.4. The highest BCUT2D eigenvalue weighted by molar-refractivity contribution is 6.26. The van der Waals surface area contributed by atoms with Crippen LogP contribution in [-0.2, 0) is 0 Å². The zero-order chi connectivity index (χ0) is 32.3. The van der Waals surface area contributed by atoms with Gasteiger partial charge in [0.2, 0.25) is 0 Å². The van der Waals surface area contributed by atoms with E-state index in [9.17, 15) is 0 Å². The fourth-order valence-electron chi connectivity index (χ4n) is 7.18. The highest BCUT2D eigenvalue weighted by Gasteiger charge is 2.17. The van der Waals surface area contributed by atoms with Gasteiger partial charge in [-0.1, -0.05) is 146 Å². The van der Waals surface area contributed by atoms with E-state index in [1.54, 1.807) is 0 Å². The Labute approximate surface area is 282 Å². The van der Waals surface area contributed by atoms with Crippen LogP contribution in [0.1, 0.15) is 0 Å². The Morgan fingerprint density at radius 2 is 0.776 bits per heavy atom. The summed E-state index contributed by atoms with van der Waals surface area (Å²) in [5.41, 5.74) is 6.86. The van der Waals surface area contributed by atoms with E-state index in [1.807, 2.05) is 72.8 Å². The van der Waals surface area contributed by atoms with Crippen LogP contribution in [0.4, 0.5) is 0 Å². The van der Waals surface area contributed by atoms with Crippen molar-refractivity contribution in [2.45, 2.75) is 0 Å².